The van der Waals surface area contributed by atoms with Gasteiger partial charge in [-0.25, -0.2) is 9.37 Å². The van der Waals surface area contributed by atoms with Gasteiger partial charge in [-0.05, 0) is 55.5 Å². The fourth-order valence-electron chi connectivity index (χ4n) is 3.15. The van der Waals surface area contributed by atoms with Crippen LogP contribution < -0.4 is 4.90 Å². The molecule has 1 aliphatic heterocycles. The molecule has 0 N–H and O–H groups in total. The summed E-state index contributed by atoms with van der Waals surface area (Å²) in [6.45, 7) is 1.13. The van der Waals surface area contributed by atoms with Crippen LogP contribution in [0.4, 0.5) is 9.52 Å². The van der Waals surface area contributed by atoms with E-state index in [9.17, 15) is 9.18 Å². The number of aromatic nitrogens is 1. The van der Waals surface area contributed by atoms with Crippen molar-refractivity contribution in [2.45, 2.75) is 23.8 Å². The third kappa shape index (κ3) is 4.00. The van der Waals surface area contributed by atoms with Crippen LogP contribution in [0, 0.1) is 5.82 Å². The minimum absolute atomic E-state index is 0.0173. The number of carbonyl (C=O) groups is 1. The van der Waals surface area contributed by atoms with E-state index in [4.69, 9.17) is 4.74 Å². The summed E-state index contributed by atoms with van der Waals surface area (Å²) < 4.78 is 20.4. The molecular weight excluding hydrogens is 383 g/mol. The molecule has 0 unspecified atom stereocenters. The molecule has 1 aromatic heterocycles. The van der Waals surface area contributed by atoms with Crippen LogP contribution in [0.15, 0.2) is 47.4 Å². The Balaban J connectivity index is 1.71. The lowest BCUT2D eigenvalue weighted by molar-refractivity contribution is 0.0917. The number of amides is 1. The summed E-state index contributed by atoms with van der Waals surface area (Å²) in [6.07, 6.45) is 3.91. The van der Waals surface area contributed by atoms with Crippen molar-refractivity contribution in [2.75, 3.05) is 24.3 Å². The number of nitrogens with zero attached hydrogens (tertiary/aromatic N) is 2. The van der Waals surface area contributed by atoms with Gasteiger partial charge in [0.15, 0.2) is 5.13 Å². The maximum Gasteiger partial charge on any atom is 0.260 e. The average molecular weight is 403 g/mol. The maximum absolute atomic E-state index is 13.6. The van der Waals surface area contributed by atoms with Gasteiger partial charge < -0.3 is 4.74 Å². The molecular formula is C20H19FN2O2S2. The summed E-state index contributed by atoms with van der Waals surface area (Å²) in [5.74, 6) is -0.680. The highest BCUT2D eigenvalue weighted by molar-refractivity contribution is 7.98. The van der Waals surface area contributed by atoms with Gasteiger partial charge in [0.2, 0.25) is 0 Å². The van der Waals surface area contributed by atoms with E-state index >= 15 is 0 Å². The van der Waals surface area contributed by atoms with Crippen LogP contribution in [0.5, 0.6) is 0 Å². The number of ether oxygens (including phenoxy) is 1. The molecule has 1 atom stereocenters. The molecule has 27 heavy (non-hydrogen) atoms. The largest absolute Gasteiger partial charge is 0.376 e. The fraction of sp³-hybridized carbons (Fsp3) is 0.300. The topological polar surface area (TPSA) is 42.4 Å². The number of hydrogen-bond acceptors (Lipinski definition) is 5. The smallest absolute Gasteiger partial charge is 0.260 e. The Kier molecular flexibility index (Phi) is 5.43. The molecule has 2 heterocycles. The van der Waals surface area contributed by atoms with Crippen molar-refractivity contribution in [3.63, 3.8) is 0 Å². The molecule has 1 aliphatic rings. The van der Waals surface area contributed by atoms with Crippen LogP contribution in [-0.2, 0) is 4.74 Å². The molecule has 0 radical (unpaired) electrons. The number of anilines is 1. The third-order valence-corrected chi connectivity index (χ3v) is 6.31. The summed E-state index contributed by atoms with van der Waals surface area (Å²) in [5, 5.41) is 0.619. The summed E-state index contributed by atoms with van der Waals surface area (Å²) in [7, 11) is 0. The molecule has 1 fully saturated rings. The highest BCUT2D eigenvalue weighted by atomic mass is 32.2. The Morgan fingerprint density at radius 2 is 2.26 bits per heavy atom. The Bertz CT molecular complexity index is 970. The van der Waals surface area contributed by atoms with E-state index in [1.807, 2.05) is 18.4 Å². The minimum Gasteiger partial charge on any atom is -0.376 e. The lowest BCUT2D eigenvalue weighted by atomic mass is 10.1. The van der Waals surface area contributed by atoms with Crippen LogP contribution in [0.2, 0.25) is 0 Å². The molecule has 0 aliphatic carbocycles. The second-order valence-electron chi connectivity index (χ2n) is 6.39. The Labute approximate surface area is 165 Å². The molecule has 1 amide bonds. The normalized spacial score (nSPS) is 16.7. The van der Waals surface area contributed by atoms with Gasteiger partial charge in [-0.1, -0.05) is 17.4 Å². The molecule has 2 aromatic carbocycles. The standard InChI is InChI=1S/C20H19FN2O2S2/c1-26-16-7-8-17-18(11-16)27-20(22-17)23(12-15-6-3-9-25-15)19(24)13-4-2-5-14(21)10-13/h2,4-5,7-8,10-11,15H,3,6,9,12H2,1H3/t15-/m1/s1. The zero-order valence-corrected chi connectivity index (χ0v) is 16.5. The highest BCUT2D eigenvalue weighted by Crippen LogP contribution is 2.33. The molecule has 1 saturated heterocycles. The van der Waals surface area contributed by atoms with E-state index in [0.29, 0.717) is 23.8 Å². The highest BCUT2D eigenvalue weighted by Gasteiger charge is 2.27. The first kappa shape index (κ1) is 18.4. The molecule has 0 bridgehead atoms. The van der Waals surface area contributed by atoms with Gasteiger partial charge in [-0.2, -0.15) is 0 Å². The summed E-state index contributed by atoms with van der Waals surface area (Å²) in [6, 6.07) is 11.9. The lowest BCUT2D eigenvalue weighted by Gasteiger charge is -2.23. The number of thioether (sulfide) groups is 1. The molecule has 3 aromatic rings. The van der Waals surface area contributed by atoms with Gasteiger partial charge >= 0.3 is 0 Å². The van der Waals surface area contributed by atoms with E-state index in [1.54, 1.807) is 28.8 Å². The average Bonchev–Trinajstić information content (AvgIpc) is 3.34. The quantitative estimate of drug-likeness (QED) is 0.564. The van der Waals surface area contributed by atoms with Crippen LogP contribution in [0.1, 0.15) is 23.2 Å². The number of thiazole rings is 1. The van der Waals surface area contributed by atoms with Gasteiger partial charge in [-0.3, -0.25) is 9.69 Å². The predicted molar refractivity (Wildman–Crippen MR) is 108 cm³/mol. The van der Waals surface area contributed by atoms with Crippen molar-refractivity contribution in [2.24, 2.45) is 0 Å². The number of fused-ring (bicyclic) bond motifs is 1. The zero-order valence-electron chi connectivity index (χ0n) is 14.9. The zero-order chi connectivity index (χ0) is 18.8. The fourth-order valence-corrected chi connectivity index (χ4v) is 4.68. The monoisotopic (exact) mass is 402 g/mol. The molecule has 0 spiro atoms. The van der Waals surface area contributed by atoms with Crippen molar-refractivity contribution in [3.8, 4) is 0 Å². The minimum atomic E-state index is -0.424. The predicted octanol–water partition coefficient (Wildman–Crippen LogP) is 4.98. The van der Waals surface area contributed by atoms with Crippen molar-refractivity contribution in [1.82, 2.24) is 4.98 Å². The van der Waals surface area contributed by atoms with E-state index < -0.39 is 5.82 Å². The summed E-state index contributed by atoms with van der Waals surface area (Å²) in [5.41, 5.74) is 1.18. The molecule has 4 rings (SSSR count). The molecule has 7 heteroatoms. The number of benzene rings is 2. The van der Waals surface area contributed by atoms with Crippen LogP contribution in [-0.4, -0.2) is 36.4 Å². The van der Waals surface area contributed by atoms with Gasteiger partial charge in [-0.15, -0.1) is 11.8 Å². The number of carbonyl (C=O) groups excluding carboxylic acids is 1. The first-order valence-electron chi connectivity index (χ1n) is 8.77. The summed E-state index contributed by atoms with van der Waals surface area (Å²) in [4.78, 5) is 20.6. The van der Waals surface area contributed by atoms with E-state index in [-0.39, 0.29) is 12.0 Å². The van der Waals surface area contributed by atoms with Gasteiger partial charge in [0.1, 0.15) is 5.82 Å². The van der Waals surface area contributed by atoms with Gasteiger partial charge in [0, 0.05) is 17.1 Å². The van der Waals surface area contributed by atoms with Crippen molar-refractivity contribution in [1.29, 1.82) is 0 Å². The molecule has 140 valence electrons. The van der Waals surface area contributed by atoms with Crippen molar-refractivity contribution in [3.05, 3.63) is 53.8 Å². The van der Waals surface area contributed by atoms with Crippen LogP contribution in [0.3, 0.4) is 0 Å². The first-order valence-corrected chi connectivity index (χ1v) is 10.8. The van der Waals surface area contributed by atoms with Crippen LogP contribution >= 0.6 is 23.1 Å². The van der Waals surface area contributed by atoms with E-state index in [1.165, 1.54) is 23.5 Å². The lowest BCUT2D eigenvalue weighted by Crippen LogP contribution is -2.37. The van der Waals surface area contributed by atoms with Crippen LogP contribution in [0.25, 0.3) is 10.2 Å². The van der Waals surface area contributed by atoms with Gasteiger partial charge in [0.25, 0.3) is 5.91 Å². The Hall–Kier alpha value is -1.96. The van der Waals surface area contributed by atoms with Crippen molar-refractivity contribution < 1.29 is 13.9 Å². The number of rotatable bonds is 5. The second-order valence-corrected chi connectivity index (χ2v) is 8.28. The molecule has 4 nitrogen and oxygen atoms in total. The van der Waals surface area contributed by atoms with E-state index in [2.05, 4.69) is 11.1 Å². The number of halogens is 1. The Morgan fingerprint density at radius 1 is 1.37 bits per heavy atom. The number of hydrogen-bond donors (Lipinski definition) is 0. The molecule has 0 saturated carbocycles. The summed E-state index contributed by atoms with van der Waals surface area (Å²) >= 11 is 3.15. The van der Waals surface area contributed by atoms with E-state index in [0.717, 1.165) is 28.0 Å². The first-order chi connectivity index (χ1) is 13.1. The van der Waals surface area contributed by atoms with Gasteiger partial charge in [0.05, 0.1) is 22.9 Å². The Morgan fingerprint density at radius 3 is 3.00 bits per heavy atom. The SMILES string of the molecule is CSc1ccc2nc(N(C[C@H]3CCCO3)C(=O)c3cccc(F)c3)sc2c1. The third-order valence-electron chi connectivity index (χ3n) is 4.54. The second kappa shape index (κ2) is 7.96. The van der Waals surface area contributed by atoms with Crippen molar-refractivity contribution >= 4 is 44.4 Å². The maximum atomic E-state index is 13.6.